The van der Waals surface area contributed by atoms with E-state index in [1.807, 2.05) is 0 Å². The molecule has 0 aliphatic heterocycles. The average Bonchev–Trinajstić information content (AvgIpc) is 2.35. The molecule has 1 aromatic heterocycles. The van der Waals surface area contributed by atoms with Crippen molar-refractivity contribution in [3.63, 3.8) is 0 Å². The van der Waals surface area contributed by atoms with Crippen LogP contribution >= 0.6 is 0 Å². The fraction of sp³-hybridized carbons (Fsp3) is 0.636. The number of nitrogens with zero attached hydrogens (tertiary/aromatic N) is 2. The summed E-state index contributed by atoms with van der Waals surface area (Å²) in [7, 11) is 0. The molecule has 1 aromatic rings. The summed E-state index contributed by atoms with van der Waals surface area (Å²) in [5.41, 5.74) is 4.15. The molecule has 3 N–H and O–H groups in total. The van der Waals surface area contributed by atoms with Gasteiger partial charge in [-0.3, -0.25) is 8.78 Å². The van der Waals surface area contributed by atoms with Crippen LogP contribution in [0.1, 0.15) is 24.4 Å². The van der Waals surface area contributed by atoms with E-state index in [9.17, 15) is 13.9 Å². The SMILES string of the molecule is NC(c1cncnc1)C1(O)CC(CF)(CF)C1. The average molecular weight is 243 g/mol. The molecule has 4 nitrogen and oxygen atoms in total. The molecule has 1 heterocycles. The van der Waals surface area contributed by atoms with Gasteiger partial charge in [0, 0.05) is 23.4 Å². The first-order chi connectivity index (χ1) is 8.05. The molecule has 0 radical (unpaired) electrons. The molecule has 1 aliphatic carbocycles. The van der Waals surface area contributed by atoms with Crippen LogP contribution in [0.25, 0.3) is 0 Å². The molecule has 0 aromatic carbocycles. The number of aromatic nitrogens is 2. The monoisotopic (exact) mass is 243 g/mol. The van der Waals surface area contributed by atoms with Crippen molar-refractivity contribution < 1.29 is 13.9 Å². The minimum absolute atomic E-state index is 0.0308. The second-order valence-electron chi connectivity index (χ2n) is 4.87. The number of hydrogen-bond acceptors (Lipinski definition) is 4. The summed E-state index contributed by atoms with van der Waals surface area (Å²) in [5, 5.41) is 10.2. The molecule has 1 unspecified atom stereocenters. The molecule has 2 rings (SSSR count). The van der Waals surface area contributed by atoms with Crippen LogP contribution in [0.3, 0.4) is 0 Å². The van der Waals surface area contributed by atoms with Gasteiger partial charge < -0.3 is 10.8 Å². The van der Waals surface area contributed by atoms with E-state index in [-0.39, 0.29) is 12.8 Å². The predicted octanol–water partition coefficient (Wildman–Crippen LogP) is 0.927. The van der Waals surface area contributed by atoms with Crippen LogP contribution in [0, 0.1) is 5.41 Å². The second-order valence-corrected chi connectivity index (χ2v) is 4.87. The highest BCUT2D eigenvalue weighted by molar-refractivity contribution is 5.19. The molecular formula is C11H15F2N3O. The van der Waals surface area contributed by atoms with E-state index >= 15 is 0 Å². The third-order valence-corrected chi connectivity index (χ3v) is 3.45. The molecule has 1 fully saturated rings. The number of alkyl halides is 2. The summed E-state index contributed by atoms with van der Waals surface area (Å²) in [6.07, 6.45) is 4.42. The quantitative estimate of drug-likeness (QED) is 0.825. The lowest BCUT2D eigenvalue weighted by molar-refractivity contribution is -0.158. The van der Waals surface area contributed by atoms with Gasteiger partial charge in [-0.05, 0) is 12.8 Å². The van der Waals surface area contributed by atoms with Crippen LogP contribution in [-0.2, 0) is 0 Å². The summed E-state index contributed by atoms with van der Waals surface area (Å²) >= 11 is 0. The molecule has 0 bridgehead atoms. The maximum atomic E-state index is 12.7. The van der Waals surface area contributed by atoms with Crippen molar-refractivity contribution in [2.24, 2.45) is 11.1 Å². The van der Waals surface area contributed by atoms with Gasteiger partial charge in [-0.25, -0.2) is 9.97 Å². The highest BCUT2D eigenvalue weighted by Crippen LogP contribution is 2.53. The van der Waals surface area contributed by atoms with Crippen LogP contribution in [0.5, 0.6) is 0 Å². The van der Waals surface area contributed by atoms with Crippen molar-refractivity contribution in [3.8, 4) is 0 Å². The molecule has 0 saturated heterocycles. The zero-order valence-corrected chi connectivity index (χ0v) is 9.31. The largest absolute Gasteiger partial charge is 0.388 e. The van der Waals surface area contributed by atoms with Gasteiger partial charge in [-0.15, -0.1) is 0 Å². The Morgan fingerprint density at radius 3 is 2.29 bits per heavy atom. The molecular weight excluding hydrogens is 228 g/mol. The Hall–Kier alpha value is -1.14. The fourth-order valence-corrected chi connectivity index (χ4v) is 2.47. The van der Waals surface area contributed by atoms with E-state index in [2.05, 4.69) is 9.97 Å². The first-order valence-corrected chi connectivity index (χ1v) is 5.40. The van der Waals surface area contributed by atoms with Gasteiger partial charge in [0.1, 0.15) is 6.33 Å². The smallest absolute Gasteiger partial charge is 0.115 e. The lowest BCUT2D eigenvalue weighted by atomic mass is 9.57. The van der Waals surface area contributed by atoms with Gasteiger partial charge in [-0.2, -0.15) is 0 Å². The van der Waals surface area contributed by atoms with Crippen LogP contribution in [0.2, 0.25) is 0 Å². The summed E-state index contributed by atoms with van der Waals surface area (Å²) in [5.74, 6) is 0. The van der Waals surface area contributed by atoms with Crippen LogP contribution in [-0.4, -0.2) is 34.0 Å². The van der Waals surface area contributed by atoms with Gasteiger partial charge in [0.2, 0.25) is 0 Å². The topological polar surface area (TPSA) is 72.0 Å². The Kier molecular flexibility index (Phi) is 3.09. The van der Waals surface area contributed by atoms with Crippen molar-refractivity contribution in [2.75, 3.05) is 13.3 Å². The Morgan fingerprint density at radius 1 is 1.29 bits per heavy atom. The molecule has 6 heteroatoms. The highest BCUT2D eigenvalue weighted by Gasteiger charge is 2.57. The number of hydrogen-bond donors (Lipinski definition) is 2. The van der Waals surface area contributed by atoms with Crippen molar-refractivity contribution in [1.29, 1.82) is 0 Å². The van der Waals surface area contributed by atoms with E-state index in [0.717, 1.165) is 0 Å². The number of rotatable bonds is 4. The first kappa shape index (κ1) is 12.3. The van der Waals surface area contributed by atoms with Gasteiger partial charge >= 0.3 is 0 Å². The Morgan fingerprint density at radius 2 is 1.82 bits per heavy atom. The summed E-state index contributed by atoms with van der Waals surface area (Å²) in [6.45, 7) is -1.55. The third-order valence-electron chi connectivity index (χ3n) is 3.45. The molecule has 94 valence electrons. The number of nitrogens with two attached hydrogens (primary N) is 1. The first-order valence-electron chi connectivity index (χ1n) is 5.40. The Labute approximate surface area is 97.9 Å². The normalized spacial score (nSPS) is 22.8. The third kappa shape index (κ3) is 2.02. The van der Waals surface area contributed by atoms with Gasteiger partial charge in [0.25, 0.3) is 0 Å². The number of aliphatic hydroxyl groups is 1. The van der Waals surface area contributed by atoms with Crippen molar-refractivity contribution in [3.05, 3.63) is 24.3 Å². The van der Waals surface area contributed by atoms with E-state index in [1.165, 1.54) is 18.7 Å². The van der Waals surface area contributed by atoms with E-state index in [4.69, 9.17) is 5.73 Å². The van der Waals surface area contributed by atoms with Gasteiger partial charge in [-0.1, -0.05) is 0 Å². The second kappa shape index (κ2) is 4.27. The zero-order chi connectivity index (χ0) is 12.5. The Bertz CT molecular complexity index is 376. The van der Waals surface area contributed by atoms with E-state index < -0.39 is 30.4 Å². The van der Waals surface area contributed by atoms with Gasteiger partial charge in [0.05, 0.1) is 25.0 Å². The summed E-state index contributed by atoms with van der Waals surface area (Å²) in [4.78, 5) is 7.61. The molecule has 0 spiro atoms. The summed E-state index contributed by atoms with van der Waals surface area (Å²) < 4.78 is 25.4. The minimum atomic E-state index is -1.26. The lowest BCUT2D eigenvalue weighted by Crippen LogP contribution is -2.59. The summed E-state index contributed by atoms with van der Waals surface area (Å²) in [6, 6.07) is -0.713. The lowest BCUT2D eigenvalue weighted by Gasteiger charge is -2.53. The predicted molar refractivity (Wildman–Crippen MR) is 57.5 cm³/mol. The molecule has 1 atom stereocenters. The fourth-order valence-electron chi connectivity index (χ4n) is 2.47. The van der Waals surface area contributed by atoms with E-state index in [0.29, 0.717) is 5.56 Å². The molecule has 1 saturated carbocycles. The molecule has 17 heavy (non-hydrogen) atoms. The van der Waals surface area contributed by atoms with Crippen molar-refractivity contribution in [1.82, 2.24) is 9.97 Å². The van der Waals surface area contributed by atoms with Gasteiger partial charge in [0.15, 0.2) is 0 Å². The Balaban J connectivity index is 2.10. The highest BCUT2D eigenvalue weighted by atomic mass is 19.1. The molecule has 0 amide bonds. The standard InChI is InChI=1S/C11H15F2N3O/c12-5-10(6-13)3-11(17,4-10)9(14)8-1-15-7-16-2-8/h1-2,7,9,17H,3-6,14H2. The van der Waals surface area contributed by atoms with Crippen LogP contribution < -0.4 is 5.73 Å². The van der Waals surface area contributed by atoms with Crippen LogP contribution in [0.4, 0.5) is 8.78 Å². The van der Waals surface area contributed by atoms with Crippen molar-refractivity contribution >= 4 is 0 Å². The van der Waals surface area contributed by atoms with Crippen molar-refractivity contribution in [2.45, 2.75) is 24.5 Å². The minimum Gasteiger partial charge on any atom is -0.388 e. The maximum absolute atomic E-state index is 12.7. The maximum Gasteiger partial charge on any atom is 0.115 e. The number of halogens is 2. The molecule has 1 aliphatic rings. The van der Waals surface area contributed by atoms with E-state index in [1.54, 1.807) is 0 Å². The zero-order valence-electron chi connectivity index (χ0n) is 9.31. The van der Waals surface area contributed by atoms with Crippen LogP contribution in [0.15, 0.2) is 18.7 Å².